The molecule has 0 fully saturated rings. The Hall–Kier alpha value is -3.88. The lowest BCUT2D eigenvalue weighted by Gasteiger charge is -2.26. The molecule has 3 aromatic rings. The van der Waals surface area contributed by atoms with Gasteiger partial charge in [0.2, 0.25) is 5.91 Å². The van der Waals surface area contributed by atoms with Crippen molar-refractivity contribution in [1.82, 2.24) is 9.55 Å². The molecule has 1 amide bonds. The number of hydrogen-bond acceptors (Lipinski definition) is 5. The standard InChI is InChI=1S/C24H28FN5O3/c1-15(2)13-29(20(31)12-27-19-10-9-16(3)11-18(19)25)21-22(26)30(24(33)28-23(21)32)14-17-7-5-4-6-8-17/h4-11,15,27H,12-14,26H2,1-3H3,(H,28,32,33). The molecule has 9 heteroatoms. The highest BCUT2D eigenvalue weighted by Crippen LogP contribution is 2.20. The summed E-state index contributed by atoms with van der Waals surface area (Å²) in [5.41, 5.74) is 6.48. The minimum Gasteiger partial charge on any atom is -0.383 e. The maximum Gasteiger partial charge on any atom is 0.330 e. The van der Waals surface area contributed by atoms with Crippen molar-refractivity contribution < 1.29 is 9.18 Å². The molecule has 0 radical (unpaired) electrons. The van der Waals surface area contributed by atoms with E-state index in [1.165, 1.54) is 15.5 Å². The number of aryl methyl sites for hydroxylation is 1. The number of hydrogen-bond donors (Lipinski definition) is 3. The zero-order valence-corrected chi connectivity index (χ0v) is 18.9. The molecule has 0 bridgehead atoms. The van der Waals surface area contributed by atoms with Crippen molar-refractivity contribution >= 4 is 23.1 Å². The van der Waals surface area contributed by atoms with Crippen LogP contribution in [0.4, 0.5) is 21.6 Å². The zero-order chi connectivity index (χ0) is 24.1. The third kappa shape index (κ3) is 5.68. The second kappa shape index (κ2) is 10.2. The van der Waals surface area contributed by atoms with Crippen LogP contribution in [-0.2, 0) is 11.3 Å². The van der Waals surface area contributed by atoms with Gasteiger partial charge in [-0.05, 0) is 36.1 Å². The maximum atomic E-state index is 14.2. The normalized spacial score (nSPS) is 10.9. The quantitative estimate of drug-likeness (QED) is 0.485. The van der Waals surface area contributed by atoms with Crippen molar-refractivity contribution in [2.24, 2.45) is 5.92 Å². The van der Waals surface area contributed by atoms with Crippen molar-refractivity contribution in [3.05, 3.63) is 86.3 Å². The van der Waals surface area contributed by atoms with Crippen molar-refractivity contribution in [1.29, 1.82) is 0 Å². The Kier molecular flexibility index (Phi) is 7.32. The number of benzene rings is 2. The highest BCUT2D eigenvalue weighted by Gasteiger charge is 2.25. The molecule has 0 saturated heterocycles. The molecule has 0 aliphatic carbocycles. The fourth-order valence-corrected chi connectivity index (χ4v) is 3.47. The average molecular weight is 454 g/mol. The predicted molar refractivity (Wildman–Crippen MR) is 128 cm³/mol. The summed E-state index contributed by atoms with van der Waals surface area (Å²) in [6.45, 7) is 5.60. The number of carbonyl (C=O) groups excluding carboxylic acids is 1. The summed E-state index contributed by atoms with van der Waals surface area (Å²) in [7, 11) is 0. The SMILES string of the molecule is Cc1ccc(NCC(=O)N(CC(C)C)c2c(N)n(Cc3ccccc3)c(=O)[nH]c2=O)c(F)c1. The van der Waals surface area contributed by atoms with Gasteiger partial charge in [0, 0.05) is 6.54 Å². The molecule has 174 valence electrons. The van der Waals surface area contributed by atoms with Crippen LogP contribution in [0.15, 0.2) is 58.1 Å². The van der Waals surface area contributed by atoms with Crippen molar-refractivity contribution in [3.63, 3.8) is 0 Å². The Labute approximate surface area is 190 Å². The average Bonchev–Trinajstić information content (AvgIpc) is 2.75. The summed E-state index contributed by atoms with van der Waals surface area (Å²) in [6.07, 6.45) is 0. The second-order valence-corrected chi connectivity index (χ2v) is 8.30. The summed E-state index contributed by atoms with van der Waals surface area (Å²) >= 11 is 0. The fourth-order valence-electron chi connectivity index (χ4n) is 3.47. The first-order valence-corrected chi connectivity index (χ1v) is 10.6. The number of amides is 1. The fraction of sp³-hybridized carbons (Fsp3) is 0.292. The third-order valence-corrected chi connectivity index (χ3v) is 5.07. The minimum atomic E-state index is -0.752. The van der Waals surface area contributed by atoms with Crippen LogP contribution in [0.2, 0.25) is 0 Å². The molecule has 0 saturated carbocycles. The number of nitrogens with zero attached hydrogens (tertiary/aromatic N) is 2. The van der Waals surface area contributed by atoms with Crippen LogP contribution in [0.25, 0.3) is 0 Å². The van der Waals surface area contributed by atoms with E-state index in [2.05, 4.69) is 10.3 Å². The first-order valence-electron chi connectivity index (χ1n) is 10.6. The molecular weight excluding hydrogens is 425 g/mol. The number of rotatable bonds is 8. The number of aromatic nitrogens is 2. The molecule has 8 nitrogen and oxygen atoms in total. The van der Waals surface area contributed by atoms with Crippen LogP contribution in [-0.4, -0.2) is 28.5 Å². The Morgan fingerprint density at radius 2 is 1.88 bits per heavy atom. The lowest BCUT2D eigenvalue weighted by molar-refractivity contribution is -0.117. The molecule has 3 rings (SSSR count). The first kappa shape index (κ1) is 23.8. The zero-order valence-electron chi connectivity index (χ0n) is 18.9. The van der Waals surface area contributed by atoms with Gasteiger partial charge >= 0.3 is 5.69 Å². The maximum absolute atomic E-state index is 14.2. The first-order chi connectivity index (χ1) is 15.7. The van der Waals surface area contributed by atoms with Gasteiger partial charge in [-0.25, -0.2) is 9.18 Å². The molecule has 0 aliphatic heterocycles. The number of carbonyl (C=O) groups is 1. The summed E-state index contributed by atoms with van der Waals surface area (Å²) in [5.74, 6) is -1.07. The topological polar surface area (TPSA) is 113 Å². The summed E-state index contributed by atoms with van der Waals surface area (Å²) < 4.78 is 15.4. The molecule has 33 heavy (non-hydrogen) atoms. The lowest BCUT2D eigenvalue weighted by atomic mass is 10.2. The van der Waals surface area contributed by atoms with Gasteiger partial charge in [0.1, 0.15) is 11.6 Å². The van der Waals surface area contributed by atoms with Crippen molar-refractivity contribution in [2.45, 2.75) is 27.3 Å². The minimum absolute atomic E-state index is 0.00152. The van der Waals surface area contributed by atoms with Gasteiger partial charge < -0.3 is 16.0 Å². The molecule has 0 spiro atoms. The largest absolute Gasteiger partial charge is 0.383 e. The van der Waals surface area contributed by atoms with E-state index in [1.54, 1.807) is 19.1 Å². The van der Waals surface area contributed by atoms with E-state index < -0.39 is 23.0 Å². The second-order valence-electron chi connectivity index (χ2n) is 8.30. The van der Waals surface area contributed by atoms with Crippen LogP contribution < -0.4 is 27.2 Å². The number of nitrogens with two attached hydrogens (primary N) is 1. The van der Waals surface area contributed by atoms with Gasteiger partial charge in [0.25, 0.3) is 5.56 Å². The predicted octanol–water partition coefficient (Wildman–Crippen LogP) is 2.72. The molecule has 0 atom stereocenters. The number of nitrogen functional groups attached to an aromatic ring is 1. The van der Waals surface area contributed by atoms with Crippen LogP contribution in [0.1, 0.15) is 25.0 Å². The molecule has 1 aromatic heterocycles. The third-order valence-electron chi connectivity index (χ3n) is 5.07. The van der Waals surface area contributed by atoms with Gasteiger partial charge in [0.05, 0.1) is 18.8 Å². The Morgan fingerprint density at radius 3 is 2.52 bits per heavy atom. The number of halogens is 1. The van der Waals surface area contributed by atoms with E-state index in [9.17, 15) is 18.8 Å². The number of nitrogens with one attached hydrogen (secondary N) is 2. The Morgan fingerprint density at radius 1 is 1.18 bits per heavy atom. The molecule has 0 aliphatic rings. The van der Waals surface area contributed by atoms with Gasteiger partial charge in [-0.15, -0.1) is 0 Å². The van der Waals surface area contributed by atoms with Crippen molar-refractivity contribution in [3.8, 4) is 0 Å². The van der Waals surface area contributed by atoms with Crippen LogP contribution in [0, 0.1) is 18.7 Å². The smallest absolute Gasteiger partial charge is 0.330 e. The number of H-pyrrole nitrogens is 1. The number of anilines is 3. The van der Waals surface area contributed by atoms with E-state index in [4.69, 9.17) is 5.73 Å². The van der Waals surface area contributed by atoms with E-state index in [1.807, 2.05) is 44.2 Å². The van der Waals surface area contributed by atoms with Crippen LogP contribution >= 0.6 is 0 Å². The van der Waals surface area contributed by atoms with E-state index in [0.29, 0.717) is 0 Å². The van der Waals surface area contributed by atoms with Crippen LogP contribution in [0.3, 0.4) is 0 Å². The van der Waals surface area contributed by atoms with E-state index in [0.717, 1.165) is 11.1 Å². The highest BCUT2D eigenvalue weighted by atomic mass is 19.1. The molecule has 4 N–H and O–H groups in total. The van der Waals surface area contributed by atoms with Gasteiger partial charge in [-0.2, -0.15) is 0 Å². The monoisotopic (exact) mass is 453 g/mol. The lowest BCUT2D eigenvalue weighted by Crippen LogP contribution is -2.44. The Bertz CT molecular complexity index is 1250. The summed E-state index contributed by atoms with van der Waals surface area (Å²) in [5, 5.41) is 2.78. The highest BCUT2D eigenvalue weighted by molar-refractivity contribution is 5.98. The summed E-state index contributed by atoms with van der Waals surface area (Å²) in [6, 6.07) is 13.8. The van der Waals surface area contributed by atoms with Crippen molar-refractivity contribution in [2.75, 3.05) is 29.0 Å². The Balaban J connectivity index is 1.95. The van der Waals surface area contributed by atoms with E-state index in [-0.39, 0.29) is 42.7 Å². The molecule has 0 unspecified atom stereocenters. The molecule has 2 aromatic carbocycles. The summed E-state index contributed by atoms with van der Waals surface area (Å²) in [4.78, 5) is 41.9. The van der Waals surface area contributed by atoms with Gasteiger partial charge in [-0.1, -0.05) is 50.2 Å². The van der Waals surface area contributed by atoms with Crippen LogP contribution in [0.5, 0.6) is 0 Å². The molecular formula is C24H28FN5O3. The van der Waals surface area contributed by atoms with E-state index >= 15 is 0 Å². The molecule has 1 heterocycles. The number of aromatic amines is 1. The van der Waals surface area contributed by atoms with Gasteiger partial charge in [0.15, 0.2) is 5.69 Å². The van der Waals surface area contributed by atoms with Gasteiger partial charge in [-0.3, -0.25) is 19.1 Å².